The highest BCUT2D eigenvalue weighted by atomic mass is 19.4. The minimum Gasteiger partial charge on any atom is -0.375 e. The van der Waals surface area contributed by atoms with Crippen molar-refractivity contribution in [3.63, 3.8) is 0 Å². The number of alkyl halides is 3. The van der Waals surface area contributed by atoms with Gasteiger partial charge < -0.3 is 9.64 Å². The van der Waals surface area contributed by atoms with Gasteiger partial charge in [0.25, 0.3) is 0 Å². The molecule has 1 aliphatic heterocycles. The van der Waals surface area contributed by atoms with Gasteiger partial charge in [-0.2, -0.15) is 13.2 Å². The highest BCUT2D eigenvalue weighted by molar-refractivity contribution is 5.77. The van der Waals surface area contributed by atoms with E-state index in [1.807, 2.05) is 0 Å². The summed E-state index contributed by atoms with van der Waals surface area (Å²) in [6.45, 7) is 1.48. The van der Waals surface area contributed by atoms with Crippen molar-refractivity contribution in [3.8, 4) is 0 Å². The Labute approximate surface area is 128 Å². The summed E-state index contributed by atoms with van der Waals surface area (Å²) in [5.74, 6) is 0.402. The van der Waals surface area contributed by atoms with Crippen LogP contribution in [0.15, 0.2) is 24.3 Å². The SMILES string of the molecule is COCC(=O)N1CCC(Cc2ccc(C(F)(F)F)cc2)CC1. The van der Waals surface area contributed by atoms with Crippen molar-refractivity contribution in [2.45, 2.75) is 25.4 Å². The number of nitrogens with zero attached hydrogens (tertiary/aromatic N) is 1. The molecular formula is C16H20F3NO2. The minimum absolute atomic E-state index is 0.00419. The van der Waals surface area contributed by atoms with E-state index in [-0.39, 0.29) is 12.5 Å². The molecule has 1 fully saturated rings. The fourth-order valence-corrected chi connectivity index (χ4v) is 2.76. The number of ether oxygens (including phenoxy) is 1. The molecule has 1 heterocycles. The lowest BCUT2D eigenvalue weighted by Gasteiger charge is -2.32. The zero-order valence-electron chi connectivity index (χ0n) is 12.5. The summed E-state index contributed by atoms with van der Waals surface area (Å²) in [6, 6.07) is 5.36. The summed E-state index contributed by atoms with van der Waals surface area (Å²) in [5, 5.41) is 0. The molecule has 2 rings (SSSR count). The van der Waals surface area contributed by atoms with E-state index in [2.05, 4.69) is 0 Å². The second-order valence-electron chi connectivity index (χ2n) is 5.66. The molecule has 1 aromatic carbocycles. The second kappa shape index (κ2) is 7.13. The van der Waals surface area contributed by atoms with Gasteiger partial charge in [-0.3, -0.25) is 4.79 Å². The van der Waals surface area contributed by atoms with Crippen molar-refractivity contribution in [2.24, 2.45) is 5.92 Å². The van der Waals surface area contributed by atoms with Crippen LogP contribution in [-0.2, 0) is 22.1 Å². The van der Waals surface area contributed by atoms with E-state index in [0.29, 0.717) is 19.0 Å². The Morgan fingerprint density at radius 2 is 1.82 bits per heavy atom. The zero-order chi connectivity index (χ0) is 16.2. The summed E-state index contributed by atoms with van der Waals surface area (Å²) in [7, 11) is 1.50. The third kappa shape index (κ3) is 4.47. The van der Waals surface area contributed by atoms with Crippen molar-refractivity contribution in [1.29, 1.82) is 0 Å². The topological polar surface area (TPSA) is 29.5 Å². The standard InChI is InChI=1S/C16H20F3NO2/c1-22-11-15(21)20-8-6-13(7-9-20)10-12-2-4-14(5-3-12)16(17,18)19/h2-5,13H,6-11H2,1H3. The van der Waals surface area contributed by atoms with Crippen LogP contribution in [0, 0.1) is 5.92 Å². The van der Waals surface area contributed by atoms with Gasteiger partial charge in [0, 0.05) is 20.2 Å². The summed E-state index contributed by atoms with van der Waals surface area (Å²) >= 11 is 0. The number of hydrogen-bond donors (Lipinski definition) is 0. The Morgan fingerprint density at radius 3 is 2.32 bits per heavy atom. The molecule has 22 heavy (non-hydrogen) atoms. The number of hydrogen-bond acceptors (Lipinski definition) is 2. The average molecular weight is 315 g/mol. The zero-order valence-corrected chi connectivity index (χ0v) is 12.5. The Hall–Kier alpha value is -1.56. The summed E-state index contributed by atoms with van der Waals surface area (Å²) in [6.07, 6.45) is -1.79. The maximum Gasteiger partial charge on any atom is 0.416 e. The molecule has 1 amide bonds. The highest BCUT2D eigenvalue weighted by Gasteiger charge is 2.30. The van der Waals surface area contributed by atoms with Gasteiger partial charge in [0.15, 0.2) is 0 Å². The normalized spacial score (nSPS) is 16.8. The lowest BCUT2D eigenvalue weighted by molar-refractivity contribution is -0.137. The maximum absolute atomic E-state index is 12.5. The van der Waals surface area contributed by atoms with E-state index >= 15 is 0 Å². The van der Waals surface area contributed by atoms with Crippen molar-refractivity contribution >= 4 is 5.91 Å². The Morgan fingerprint density at radius 1 is 1.23 bits per heavy atom. The van der Waals surface area contributed by atoms with Gasteiger partial charge in [-0.15, -0.1) is 0 Å². The van der Waals surface area contributed by atoms with Gasteiger partial charge in [0.2, 0.25) is 5.91 Å². The lowest BCUT2D eigenvalue weighted by atomic mass is 9.90. The van der Waals surface area contributed by atoms with Crippen LogP contribution in [0.2, 0.25) is 0 Å². The summed E-state index contributed by atoms with van der Waals surface area (Å²) in [4.78, 5) is 13.5. The molecule has 1 aliphatic rings. The number of rotatable bonds is 4. The predicted octanol–water partition coefficient (Wildman–Crippen LogP) is 3.13. The maximum atomic E-state index is 12.5. The largest absolute Gasteiger partial charge is 0.416 e. The molecule has 0 spiro atoms. The first-order chi connectivity index (χ1) is 10.4. The van der Waals surface area contributed by atoms with Gasteiger partial charge in [0.05, 0.1) is 5.56 Å². The first kappa shape index (κ1) is 16.8. The number of amides is 1. The molecule has 0 saturated carbocycles. The number of benzene rings is 1. The van der Waals surface area contributed by atoms with E-state index in [1.54, 1.807) is 17.0 Å². The van der Waals surface area contributed by atoms with Crippen LogP contribution < -0.4 is 0 Å². The molecule has 0 aromatic heterocycles. The van der Waals surface area contributed by atoms with Crippen LogP contribution in [-0.4, -0.2) is 37.6 Å². The molecule has 3 nitrogen and oxygen atoms in total. The fourth-order valence-electron chi connectivity index (χ4n) is 2.76. The molecule has 0 N–H and O–H groups in total. The van der Waals surface area contributed by atoms with Gasteiger partial charge in [-0.25, -0.2) is 0 Å². The molecule has 0 atom stereocenters. The van der Waals surface area contributed by atoms with Crippen LogP contribution in [0.1, 0.15) is 24.0 Å². The highest BCUT2D eigenvalue weighted by Crippen LogP contribution is 2.30. The second-order valence-corrected chi connectivity index (χ2v) is 5.66. The fraction of sp³-hybridized carbons (Fsp3) is 0.562. The van der Waals surface area contributed by atoms with Gasteiger partial charge in [-0.05, 0) is 42.9 Å². The van der Waals surface area contributed by atoms with E-state index in [0.717, 1.165) is 37.0 Å². The Bertz CT molecular complexity index is 491. The third-order valence-corrected chi connectivity index (χ3v) is 4.04. The van der Waals surface area contributed by atoms with Gasteiger partial charge in [-0.1, -0.05) is 12.1 Å². The predicted molar refractivity (Wildman–Crippen MR) is 76.3 cm³/mol. The van der Waals surface area contributed by atoms with Crippen molar-refractivity contribution in [1.82, 2.24) is 4.90 Å². The minimum atomic E-state index is -4.29. The molecule has 0 radical (unpaired) electrons. The van der Waals surface area contributed by atoms with Crippen molar-refractivity contribution < 1.29 is 22.7 Å². The number of methoxy groups -OCH3 is 1. The van der Waals surface area contributed by atoms with E-state index < -0.39 is 11.7 Å². The Kier molecular flexibility index (Phi) is 5.45. The number of piperidine rings is 1. The molecule has 1 saturated heterocycles. The molecule has 1 aromatic rings. The van der Waals surface area contributed by atoms with E-state index in [4.69, 9.17) is 4.74 Å². The Balaban J connectivity index is 1.84. The van der Waals surface area contributed by atoms with Crippen molar-refractivity contribution in [2.75, 3.05) is 26.8 Å². The molecular weight excluding hydrogens is 295 g/mol. The molecule has 122 valence electrons. The molecule has 0 unspecified atom stereocenters. The van der Waals surface area contributed by atoms with Crippen molar-refractivity contribution in [3.05, 3.63) is 35.4 Å². The number of halogens is 3. The average Bonchev–Trinajstić information content (AvgIpc) is 2.48. The molecule has 0 bridgehead atoms. The third-order valence-electron chi connectivity index (χ3n) is 4.04. The van der Waals surface area contributed by atoms with Crippen LogP contribution >= 0.6 is 0 Å². The van der Waals surface area contributed by atoms with Crippen LogP contribution in [0.5, 0.6) is 0 Å². The number of carbonyl (C=O) groups is 1. The van der Waals surface area contributed by atoms with E-state index in [9.17, 15) is 18.0 Å². The summed E-state index contributed by atoms with van der Waals surface area (Å²) < 4.78 is 42.4. The van der Waals surface area contributed by atoms with Crippen LogP contribution in [0.4, 0.5) is 13.2 Å². The monoisotopic (exact) mass is 315 g/mol. The van der Waals surface area contributed by atoms with Gasteiger partial charge in [0.1, 0.15) is 6.61 Å². The van der Waals surface area contributed by atoms with Crippen LogP contribution in [0.3, 0.4) is 0 Å². The summed E-state index contributed by atoms with van der Waals surface area (Å²) in [5.41, 5.74) is 0.297. The quantitative estimate of drug-likeness (QED) is 0.854. The van der Waals surface area contributed by atoms with Crippen LogP contribution in [0.25, 0.3) is 0 Å². The first-order valence-corrected chi connectivity index (χ1v) is 7.33. The lowest BCUT2D eigenvalue weighted by Crippen LogP contribution is -2.40. The number of carbonyl (C=O) groups excluding carboxylic acids is 1. The first-order valence-electron chi connectivity index (χ1n) is 7.33. The van der Waals surface area contributed by atoms with E-state index in [1.165, 1.54) is 7.11 Å². The molecule has 0 aliphatic carbocycles. The number of likely N-dealkylation sites (tertiary alicyclic amines) is 1. The smallest absolute Gasteiger partial charge is 0.375 e. The van der Waals surface area contributed by atoms with Gasteiger partial charge >= 0.3 is 6.18 Å². The molecule has 6 heteroatoms.